The maximum Gasteiger partial charge on any atom is 0.246 e. The molecule has 1 aliphatic rings. The van der Waals surface area contributed by atoms with Crippen molar-refractivity contribution in [2.24, 2.45) is 0 Å². The predicted molar refractivity (Wildman–Crippen MR) is 99.3 cm³/mol. The minimum Gasteiger partial charge on any atom is -0.322 e. The Morgan fingerprint density at radius 1 is 1.21 bits per heavy atom. The Kier molecular flexibility index (Phi) is 4.81. The van der Waals surface area contributed by atoms with E-state index in [0.717, 1.165) is 34.2 Å². The molecule has 0 saturated carbocycles. The van der Waals surface area contributed by atoms with Gasteiger partial charge in [-0.1, -0.05) is 6.07 Å². The van der Waals surface area contributed by atoms with Gasteiger partial charge in [0, 0.05) is 12.6 Å². The van der Waals surface area contributed by atoms with Crippen molar-refractivity contribution in [1.29, 1.82) is 0 Å². The number of hydrogen-bond donors (Lipinski definition) is 1. The molecule has 0 radical (unpaired) electrons. The molecule has 2 aromatic carbocycles. The van der Waals surface area contributed by atoms with Gasteiger partial charge >= 0.3 is 0 Å². The zero-order valence-electron chi connectivity index (χ0n) is 14.3. The van der Waals surface area contributed by atoms with Crippen molar-refractivity contribution in [1.82, 2.24) is 13.1 Å². The highest BCUT2D eigenvalue weighted by atomic mass is 32.2. The molecule has 3 aromatic rings. The van der Waals surface area contributed by atoms with Gasteiger partial charge in [-0.05, 0) is 37.1 Å². The topological polar surface area (TPSA) is 92.3 Å². The van der Waals surface area contributed by atoms with E-state index in [2.05, 4.69) is 14.1 Å². The number of carbonyl (C=O) groups excluding carboxylic acids is 1. The summed E-state index contributed by atoms with van der Waals surface area (Å²) < 4.78 is 62.7. The highest BCUT2D eigenvalue weighted by molar-refractivity contribution is 7.89. The lowest BCUT2D eigenvalue weighted by Gasteiger charge is -2.23. The second kappa shape index (κ2) is 7.15. The first-order chi connectivity index (χ1) is 13.4. The number of nitrogens with zero attached hydrogens (tertiary/aromatic N) is 3. The maximum atomic E-state index is 13.8. The summed E-state index contributed by atoms with van der Waals surface area (Å²) in [5.74, 6) is -2.23. The Morgan fingerprint density at radius 2 is 2.04 bits per heavy atom. The third-order valence-electron chi connectivity index (χ3n) is 4.53. The molecule has 11 heteroatoms. The number of anilines is 1. The summed E-state index contributed by atoms with van der Waals surface area (Å²) in [5.41, 5.74) is 0.364. The largest absolute Gasteiger partial charge is 0.322 e. The van der Waals surface area contributed by atoms with Gasteiger partial charge in [-0.15, -0.1) is 0 Å². The van der Waals surface area contributed by atoms with Crippen molar-refractivity contribution in [3.05, 3.63) is 48.0 Å². The van der Waals surface area contributed by atoms with Crippen LogP contribution in [0.15, 0.2) is 41.3 Å². The number of fused-ring (bicyclic) bond motifs is 1. The first-order valence-electron chi connectivity index (χ1n) is 8.37. The van der Waals surface area contributed by atoms with Crippen molar-refractivity contribution in [2.45, 2.75) is 23.8 Å². The van der Waals surface area contributed by atoms with Crippen LogP contribution in [0.4, 0.5) is 14.5 Å². The summed E-state index contributed by atoms with van der Waals surface area (Å²) in [5, 5.41) is 2.29. The molecule has 0 bridgehead atoms. The summed E-state index contributed by atoms with van der Waals surface area (Å²) in [4.78, 5) is 12.6. The molecule has 146 valence electrons. The lowest BCUT2D eigenvalue weighted by molar-refractivity contribution is -0.119. The minimum atomic E-state index is -4.03. The minimum absolute atomic E-state index is 0.0320. The Bertz CT molecular complexity index is 1170. The van der Waals surface area contributed by atoms with Gasteiger partial charge in [0.2, 0.25) is 15.9 Å². The zero-order chi connectivity index (χ0) is 19.9. The number of hydrogen-bond acceptors (Lipinski definition) is 6. The molecule has 1 atom stereocenters. The predicted octanol–water partition coefficient (Wildman–Crippen LogP) is 2.76. The van der Waals surface area contributed by atoms with Gasteiger partial charge in [0.15, 0.2) is 0 Å². The monoisotopic (exact) mass is 424 g/mol. The van der Waals surface area contributed by atoms with Crippen molar-refractivity contribution in [3.63, 3.8) is 0 Å². The molecule has 1 N–H and O–H groups in total. The van der Waals surface area contributed by atoms with Crippen LogP contribution in [0.2, 0.25) is 0 Å². The SMILES string of the molecule is O=C(Nc1cc(F)ccc1F)[C@H]1CCCN1S(=O)(=O)c1cccc2nsnc12. The van der Waals surface area contributed by atoms with E-state index in [9.17, 15) is 22.0 Å². The molecule has 1 amide bonds. The number of halogens is 2. The summed E-state index contributed by atoms with van der Waals surface area (Å²) >= 11 is 0.898. The lowest BCUT2D eigenvalue weighted by Crippen LogP contribution is -2.43. The number of aromatic nitrogens is 2. The molecule has 1 aromatic heterocycles. The van der Waals surface area contributed by atoms with Crippen LogP contribution in [0.25, 0.3) is 11.0 Å². The summed E-state index contributed by atoms with van der Waals surface area (Å²) in [6.07, 6.45) is 0.738. The summed E-state index contributed by atoms with van der Waals surface area (Å²) in [7, 11) is -4.03. The number of nitrogens with one attached hydrogen (secondary N) is 1. The molecule has 0 spiro atoms. The Morgan fingerprint density at radius 3 is 2.86 bits per heavy atom. The Hall–Kier alpha value is -2.50. The number of amides is 1. The molecule has 28 heavy (non-hydrogen) atoms. The van der Waals surface area contributed by atoms with Crippen LogP contribution in [0.3, 0.4) is 0 Å². The average molecular weight is 424 g/mol. The second-order valence-electron chi connectivity index (χ2n) is 6.28. The van der Waals surface area contributed by atoms with Crippen molar-refractivity contribution >= 4 is 44.4 Å². The summed E-state index contributed by atoms with van der Waals surface area (Å²) in [6, 6.07) is 6.27. The van der Waals surface area contributed by atoms with Crippen LogP contribution >= 0.6 is 11.7 Å². The highest BCUT2D eigenvalue weighted by Gasteiger charge is 2.40. The van der Waals surface area contributed by atoms with Gasteiger partial charge in [-0.25, -0.2) is 17.2 Å². The number of benzene rings is 2. The number of sulfonamides is 1. The quantitative estimate of drug-likeness (QED) is 0.695. The first-order valence-corrected chi connectivity index (χ1v) is 10.5. The fourth-order valence-corrected chi connectivity index (χ4v) is 5.63. The van der Waals surface area contributed by atoms with Gasteiger partial charge in [0.25, 0.3) is 0 Å². The molecular weight excluding hydrogens is 410 g/mol. The van der Waals surface area contributed by atoms with E-state index in [1.54, 1.807) is 12.1 Å². The number of rotatable bonds is 4. The van der Waals surface area contributed by atoms with Crippen molar-refractivity contribution in [2.75, 3.05) is 11.9 Å². The van der Waals surface area contributed by atoms with Gasteiger partial charge in [0.05, 0.1) is 17.4 Å². The third-order valence-corrected chi connectivity index (χ3v) is 7.01. The molecule has 4 rings (SSSR count). The molecular formula is C17H14F2N4O3S2. The summed E-state index contributed by atoms with van der Waals surface area (Å²) in [6.45, 7) is 0.139. The van der Waals surface area contributed by atoms with E-state index in [-0.39, 0.29) is 29.1 Å². The van der Waals surface area contributed by atoms with E-state index in [4.69, 9.17) is 0 Å². The lowest BCUT2D eigenvalue weighted by atomic mass is 10.2. The standard InChI is InChI=1S/C17H14F2N4O3S2/c18-10-6-7-11(19)13(9-10)20-17(24)14-4-2-8-23(14)28(25,26)15-5-1-3-12-16(15)22-27-21-12/h1,3,5-7,9,14H,2,4,8H2,(H,20,24)/t14-/m1/s1. The second-order valence-corrected chi connectivity index (χ2v) is 8.66. The molecule has 0 unspecified atom stereocenters. The fourth-order valence-electron chi connectivity index (χ4n) is 3.22. The maximum absolute atomic E-state index is 13.8. The van der Waals surface area contributed by atoms with Crippen LogP contribution < -0.4 is 5.32 Å². The van der Waals surface area contributed by atoms with E-state index in [0.29, 0.717) is 11.9 Å². The molecule has 1 aliphatic heterocycles. The molecule has 2 heterocycles. The van der Waals surface area contributed by atoms with Gasteiger partial charge in [-0.2, -0.15) is 13.1 Å². The van der Waals surface area contributed by atoms with Crippen LogP contribution in [-0.2, 0) is 14.8 Å². The van der Waals surface area contributed by atoms with Crippen molar-refractivity contribution < 1.29 is 22.0 Å². The fraction of sp³-hybridized carbons (Fsp3) is 0.235. The normalized spacial score (nSPS) is 17.9. The van der Waals surface area contributed by atoms with Crippen LogP contribution in [0.5, 0.6) is 0 Å². The van der Waals surface area contributed by atoms with Gasteiger partial charge < -0.3 is 5.32 Å². The van der Waals surface area contributed by atoms with Crippen LogP contribution in [-0.4, -0.2) is 40.0 Å². The van der Waals surface area contributed by atoms with Gasteiger partial charge in [-0.3, -0.25) is 4.79 Å². The van der Waals surface area contributed by atoms with Crippen LogP contribution in [0.1, 0.15) is 12.8 Å². The number of carbonyl (C=O) groups is 1. The Balaban J connectivity index is 1.65. The van der Waals surface area contributed by atoms with Gasteiger partial charge in [0.1, 0.15) is 33.6 Å². The molecule has 1 saturated heterocycles. The van der Waals surface area contributed by atoms with E-state index in [1.807, 2.05) is 0 Å². The highest BCUT2D eigenvalue weighted by Crippen LogP contribution is 2.30. The first kappa shape index (κ1) is 18.8. The zero-order valence-corrected chi connectivity index (χ0v) is 15.9. The molecule has 0 aliphatic carbocycles. The van der Waals surface area contributed by atoms with Crippen molar-refractivity contribution in [3.8, 4) is 0 Å². The average Bonchev–Trinajstić information content (AvgIpc) is 3.33. The Labute approximate surface area is 163 Å². The smallest absolute Gasteiger partial charge is 0.246 e. The molecule has 7 nitrogen and oxygen atoms in total. The van der Waals surface area contributed by atoms with Crippen LogP contribution in [0, 0.1) is 11.6 Å². The molecule has 1 fully saturated rings. The van der Waals surface area contributed by atoms with E-state index in [1.165, 1.54) is 6.07 Å². The van der Waals surface area contributed by atoms with E-state index < -0.39 is 33.6 Å². The third kappa shape index (κ3) is 3.25. The van der Waals surface area contributed by atoms with E-state index >= 15 is 0 Å².